The number of rotatable bonds is 6. The van der Waals surface area contributed by atoms with Crippen molar-refractivity contribution in [1.29, 1.82) is 0 Å². The summed E-state index contributed by atoms with van der Waals surface area (Å²) in [7, 11) is 0. The van der Waals surface area contributed by atoms with Crippen LogP contribution in [0.3, 0.4) is 0 Å². The zero-order valence-corrected chi connectivity index (χ0v) is 11.8. The summed E-state index contributed by atoms with van der Waals surface area (Å²) in [5.41, 5.74) is -0.180. The van der Waals surface area contributed by atoms with E-state index in [2.05, 4.69) is 0 Å². The first-order valence-corrected chi connectivity index (χ1v) is 6.35. The highest BCUT2D eigenvalue weighted by molar-refractivity contribution is 6.32. The van der Waals surface area contributed by atoms with Crippen LogP contribution in [-0.4, -0.2) is 22.8 Å². The molecule has 0 saturated carbocycles. The molecule has 6 nitrogen and oxygen atoms in total. The number of esters is 1. The number of hydrogen-bond donors (Lipinski definition) is 0. The third-order valence-corrected chi connectivity index (χ3v) is 2.71. The number of nitrogens with zero attached hydrogens (tertiary/aromatic N) is 1. The minimum absolute atomic E-state index is 0.0363. The smallest absolute Gasteiger partial charge is 0.306 e. The van der Waals surface area contributed by atoms with Gasteiger partial charge >= 0.3 is 5.97 Å². The van der Waals surface area contributed by atoms with Crippen molar-refractivity contribution in [3.05, 3.63) is 38.9 Å². The molecular weight excluding hydrogens is 286 g/mol. The third kappa shape index (κ3) is 4.62. The number of ketones is 1. The topological polar surface area (TPSA) is 86.5 Å². The summed E-state index contributed by atoms with van der Waals surface area (Å²) < 4.78 is 4.90. The van der Waals surface area contributed by atoms with Crippen LogP contribution in [0.25, 0.3) is 0 Å². The molecule has 0 fully saturated rings. The van der Waals surface area contributed by atoms with Crippen LogP contribution in [0.15, 0.2) is 18.2 Å². The molecule has 0 amide bonds. The molecule has 1 rings (SSSR count). The normalized spacial score (nSPS) is 10.4. The SMILES string of the molecule is CC(C)OC(=O)CCC(=O)c1ccc(Cl)c([N+](=O)[O-])c1. The first kappa shape index (κ1) is 16.1. The number of nitro benzene ring substituents is 1. The molecule has 7 heteroatoms. The van der Waals surface area contributed by atoms with E-state index < -0.39 is 10.9 Å². The Morgan fingerprint density at radius 3 is 2.55 bits per heavy atom. The maximum Gasteiger partial charge on any atom is 0.306 e. The summed E-state index contributed by atoms with van der Waals surface area (Å²) in [6, 6.07) is 3.79. The predicted molar refractivity (Wildman–Crippen MR) is 72.9 cm³/mol. The minimum Gasteiger partial charge on any atom is -0.463 e. The molecule has 0 saturated heterocycles. The van der Waals surface area contributed by atoms with Crippen LogP contribution in [0.1, 0.15) is 37.0 Å². The molecule has 0 aliphatic carbocycles. The molecule has 108 valence electrons. The zero-order valence-electron chi connectivity index (χ0n) is 11.1. The van der Waals surface area contributed by atoms with Gasteiger partial charge in [0.05, 0.1) is 17.4 Å². The minimum atomic E-state index is -0.661. The second kappa shape index (κ2) is 7.00. The maximum absolute atomic E-state index is 11.8. The Labute approximate surface area is 120 Å². The lowest BCUT2D eigenvalue weighted by molar-refractivity contribution is -0.384. The Morgan fingerprint density at radius 1 is 1.35 bits per heavy atom. The molecule has 0 radical (unpaired) electrons. The van der Waals surface area contributed by atoms with Gasteiger partial charge in [0.1, 0.15) is 5.02 Å². The lowest BCUT2D eigenvalue weighted by atomic mass is 10.1. The highest BCUT2D eigenvalue weighted by Crippen LogP contribution is 2.25. The first-order chi connectivity index (χ1) is 9.31. The summed E-state index contributed by atoms with van der Waals surface area (Å²) in [6.07, 6.45) is -0.369. The first-order valence-electron chi connectivity index (χ1n) is 5.98. The van der Waals surface area contributed by atoms with E-state index in [-0.39, 0.29) is 41.0 Å². The Bertz CT molecular complexity index is 542. The lowest BCUT2D eigenvalue weighted by Crippen LogP contribution is -2.13. The predicted octanol–water partition coefficient (Wildman–Crippen LogP) is 3.16. The van der Waals surface area contributed by atoms with Gasteiger partial charge < -0.3 is 4.74 Å². The van der Waals surface area contributed by atoms with Crippen LogP contribution in [0.5, 0.6) is 0 Å². The number of carbonyl (C=O) groups is 2. The molecule has 20 heavy (non-hydrogen) atoms. The molecule has 1 aromatic rings. The fraction of sp³-hybridized carbons (Fsp3) is 0.385. The van der Waals surface area contributed by atoms with Gasteiger partial charge in [0, 0.05) is 18.1 Å². The van der Waals surface area contributed by atoms with E-state index in [0.717, 1.165) is 6.07 Å². The highest BCUT2D eigenvalue weighted by Gasteiger charge is 2.17. The van der Waals surface area contributed by atoms with Gasteiger partial charge in [-0.3, -0.25) is 19.7 Å². The standard InChI is InChI=1S/C13H14ClNO5/c1-8(2)20-13(17)6-5-12(16)9-3-4-10(14)11(7-9)15(18)19/h3-4,7-8H,5-6H2,1-2H3. The van der Waals surface area contributed by atoms with Gasteiger partial charge in [-0.25, -0.2) is 0 Å². The van der Waals surface area contributed by atoms with Crippen LogP contribution in [0.4, 0.5) is 5.69 Å². The molecule has 0 bridgehead atoms. The number of nitro groups is 1. The van der Waals surface area contributed by atoms with E-state index in [4.69, 9.17) is 16.3 Å². The maximum atomic E-state index is 11.8. The summed E-state index contributed by atoms with van der Waals surface area (Å²) in [6.45, 7) is 3.42. The van der Waals surface area contributed by atoms with Gasteiger partial charge in [-0.2, -0.15) is 0 Å². The van der Waals surface area contributed by atoms with Gasteiger partial charge in [0.2, 0.25) is 0 Å². The van der Waals surface area contributed by atoms with E-state index in [9.17, 15) is 19.7 Å². The molecule has 1 aromatic carbocycles. The second-order valence-electron chi connectivity index (χ2n) is 4.39. The summed E-state index contributed by atoms with van der Waals surface area (Å²) >= 11 is 5.65. The van der Waals surface area contributed by atoms with E-state index >= 15 is 0 Å². The van der Waals surface area contributed by atoms with Crippen LogP contribution in [-0.2, 0) is 9.53 Å². The average molecular weight is 300 g/mol. The van der Waals surface area contributed by atoms with Crippen LogP contribution < -0.4 is 0 Å². The number of ether oxygens (including phenoxy) is 1. The van der Waals surface area contributed by atoms with Gasteiger partial charge in [0.15, 0.2) is 5.78 Å². The van der Waals surface area contributed by atoms with Crippen molar-refractivity contribution < 1.29 is 19.2 Å². The second-order valence-corrected chi connectivity index (χ2v) is 4.79. The van der Waals surface area contributed by atoms with Crippen LogP contribution in [0.2, 0.25) is 5.02 Å². The van der Waals surface area contributed by atoms with Crippen molar-refractivity contribution in [3.63, 3.8) is 0 Å². The monoisotopic (exact) mass is 299 g/mol. The van der Waals surface area contributed by atoms with Crippen molar-refractivity contribution in [2.75, 3.05) is 0 Å². The third-order valence-electron chi connectivity index (χ3n) is 2.39. The Morgan fingerprint density at radius 2 is 2.00 bits per heavy atom. The fourth-order valence-electron chi connectivity index (χ4n) is 1.51. The molecule has 0 aromatic heterocycles. The fourth-order valence-corrected chi connectivity index (χ4v) is 1.69. The number of carbonyl (C=O) groups excluding carboxylic acids is 2. The zero-order chi connectivity index (χ0) is 15.3. The van der Waals surface area contributed by atoms with E-state index in [0.29, 0.717) is 0 Å². The number of halogens is 1. The Balaban J connectivity index is 2.71. The highest BCUT2D eigenvalue weighted by atomic mass is 35.5. The summed E-state index contributed by atoms with van der Waals surface area (Å²) in [5, 5.41) is 10.7. The van der Waals surface area contributed by atoms with E-state index in [1.807, 2.05) is 0 Å². The molecule has 0 aliphatic heterocycles. The molecule has 0 unspecified atom stereocenters. The van der Waals surface area contributed by atoms with Crippen molar-refractivity contribution in [2.24, 2.45) is 0 Å². The van der Waals surface area contributed by atoms with Crippen molar-refractivity contribution in [1.82, 2.24) is 0 Å². The quantitative estimate of drug-likeness (QED) is 0.348. The number of hydrogen-bond acceptors (Lipinski definition) is 5. The van der Waals surface area contributed by atoms with Crippen LogP contribution >= 0.6 is 11.6 Å². The van der Waals surface area contributed by atoms with Gasteiger partial charge in [-0.05, 0) is 26.0 Å². The molecule has 0 spiro atoms. The summed E-state index contributed by atoms with van der Waals surface area (Å²) in [5.74, 6) is -0.845. The molecule has 0 N–H and O–H groups in total. The largest absolute Gasteiger partial charge is 0.463 e. The van der Waals surface area contributed by atoms with E-state index in [1.54, 1.807) is 13.8 Å². The van der Waals surface area contributed by atoms with Crippen molar-refractivity contribution in [2.45, 2.75) is 32.8 Å². The number of Topliss-reactive ketones (excluding diaryl/α,β-unsaturated/α-hetero) is 1. The van der Waals surface area contributed by atoms with E-state index in [1.165, 1.54) is 12.1 Å². The van der Waals surface area contributed by atoms with Gasteiger partial charge in [0.25, 0.3) is 5.69 Å². The Hall–Kier alpha value is -1.95. The molecular formula is C13H14ClNO5. The average Bonchev–Trinajstić information content (AvgIpc) is 2.35. The molecule has 0 aliphatic rings. The van der Waals surface area contributed by atoms with Crippen molar-refractivity contribution in [3.8, 4) is 0 Å². The van der Waals surface area contributed by atoms with Gasteiger partial charge in [-0.15, -0.1) is 0 Å². The lowest BCUT2D eigenvalue weighted by Gasteiger charge is -2.07. The van der Waals surface area contributed by atoms with Crippen LogP contribution in [0, 0.1) is 10.1 Å². The van der Waals surface area contributed by atoms with Crippen molar-refractivity contribution >= 4 is 29.0 Å². The summed E-state index contributed by atoms with van der Waals surface area (Å²) in [4.78, 5) is 33.2. The number of benzene rings is 1. The Kier molecular flexibility index (Phi) is 5.64. The molecule has 0 heterocycles. The molecule has 0 atom stereocenters. The van der Waals surface area contributed by atoms with Gasteiger partial charge in [-0.1, -0.05) is 11.6 Å².